The van der Waals surface area contributed by atoms with E-state index < -0.39 is 93.6 Å². The molecule has 6 aromatic rings. The van der Waals surface area contributed by atoms with Crippen molar-refractivity contribution in [3.63, 3.8) is 0 Å². The Hall–Kier alpha value is -6.68. The summed E-state index contributed by atoms with van der Waals surface area (Å²) in [6, 6.07) is 12.9. The lowest BCUT2D eigenvalue weighted by molar-refractivity contribution is -0.257. The van der Waals surface area contributed by atoms with Gasteiger partial charge in [-0.2, -0.15) is 26.3 Å². The van der Waals surface area contributed by atoms with Gasteiger partial charge >= 0.3 is 23.6 Å². The zero-order valence-electron chi connectivity index (χ0n) is 34.9. The van der Waals surface area contributed by atoms with Gasteiger partial charge in [-0.15, -0.1) is 0 Å². The smallest absolute Gasteiger partial charge is 0.373 e. The summed E-state index contributed by atoms with van der Waals surface area (Å²) in [5.41, 5.74) is -12.8. The van der Waals surface area contributed by atoms with Crippen LogP contribution in [0.5, 0.6) is 0 Å². The van der Waals surface area contributed by atoms with E-state index >= 15 is 0 Å². The number of benzene rings is 4. The molecule has 0 saturated heterocycles. The number of nitrogens with one attached hydrogen (secondary N) is 2. The van der Waals surface area contributed by atoms with E-state index in [2.05, 4.69) is 19.4 Å². The molecule has 2 aliphatic carbocycles. The number of nitrogens with zero attached hydrogens (tertiary/aromatic N) is 2. The first-order valence-corrected chi connectivity index (χ1v) is 20.2. The Bertz CT molecular complexity index is 3060. The number of amides is 2. The molecular weight excluding hydrogens is 914 g/mol. The third-order valence-electron chi connectivity index (χ3n) is 12.4. The van der Waals surface area contributed by atoms with Gasteiger partial charge in [0.25, 0.3) is 11.8 Å². The van der Waals surface area contributed by atoms with Crippen LogP contribution in [0.25, 0.3) is 21.5 Å². The van der Waals surface area contributed by atoms with Crippen LogP contribution in [0.2, 0.25) is 0 Å². The van der Waals surface area contributed by atoms with Crippen LogP contribution in [0, 0.1) is 37.1 Å². The summed E-state index contributed by atoms with van der Waals surface area (Å²) in [7, 11) is 0. The van der Waals surface area contributed by atoms with Gasteiger partial charge in [0.2, 0.25) is 11.2 Å². The van der Waals surface area contributed by atoms with Crippen molar-refractivity contribution < 1.29 is 72.8 Å². The van der Waals surface area contributed by atoms with Crippen LogP contribution in [-0.4, -0.2) is 55.9 Å². The maximum Gasteiger partial charge on any atom is 0.426 e. The van der Waals surface area contributed by atoms with E-state index in [0.29, 0.717) is 6.42 Å². The Labute approximate surface area is 370 Å². The van der Waals surface area contributed by atoms with E-state index in [4.69, 9.17) is 0 Å². The highest BCUT2D eigenvalue weighted by Gasteiger charge is 2.66. The molecule has 354 valence electrons. The van der Waals surface area contributed by atoms with E-state index in [1.165, 1.54) is 56.3 Å². The number of carbonyl (C=O) groups excluding carboxylic acids is 2. The van der Waals surface area contributed by atoms with Crippen LogP contribution in [0.4, 0.5) is 55.3 Å². The van der Waals surface area contributed by atoms with Gasteiger partial charge in [-0.25, -0.2) is 27.2 Å². The molecule has 2 saturated carbocycles. The van der Waals surface area contributed by atoms with Crippen LogP contribution in [0.15, 0.2) is 91.4 Å². The van der Waals surface area contributed by atoms with E-state index in [-0.39, 0.29) is 81.1 Å². The fourth-order valence-corrected chi connectivity index (χ4v) is 8.34. The number of rotatable bonds is 10. The number of fused-ring (bicyclic) bond motifs is 2. The van der Waals surface area contributed by atoms with Crippen molar-refractivity contribution in [3.05, 3.63) is 139 Å². The predicted molar refractivity (Wildman–Crippen MR) is 218 cm³/mol. The number of aliphatic hydroxyl groups is 2. The van der Waals surface area contributed by atoms with Crippen LogP contribution in [0.3, 0.4) is 0 Å². The molecule has 0 bridgehead atoms. The van der Waals surface area contributed by atoms with Gasteiger partial charge in [0, 0.05) is 45.8 Å². The van der Waals surface area contributed by atoms with Crippen molar-refractivity contribution in [2.45, 2.75) is 93.2 Å². The normalized spacial score (nSPS) is 17.0. The second kappa shape index (κ2) is 17.2. The fourth-order valence-electron chi connectivity index (χ4n) is 8.34. The Morgan fingerprint density at radius 3 is 1.49 bits per heavy atom. The lowest BCUT2D eigenvalue weighted by Gasteiger charge is -2.47. The van der Waals surface area contributed by atoms with Gasteiger partial charge in [-0.3, -0.25) is 9.59 Å². The first-order chi connectivity index (χ1) is 31.2. The number of anilines is 2. The largest absolute Gasteiger partial charge is 0.426 e. The van der Waals surface area contributed by atoms with Crippen molar-refractivity contribution in [3.8, 4) is 0 Å². The monoisotopic (exact) mass is 950 g/mol. The molecule has 0 radical (unpaired) electrons. The number of hydrogen-bond donors (Lipinski definition) is 4. The molecule has 2 aromatic heterocycles. The second-order valence-corrected chi connectivity index (χ2v) is 16.7. The van der Waals surface area contributed by atoms with E-state index in [1.54, 1.807) is 0 Å². The van der Waals surface area contributed by atoms with E-state index in [1.807, 2.05) is 10.6 Å². The standard InChI is InChI=1S/C23H19F5N2O4.C22H17F5N2O4/c1-12-15-10-13(6-7-14(15)19(31)34-30-12)29-20(32)22(33,23(26,27)28)11-21(8-3-9-21)16-4-2-5-17(24)18(16)25;1-11-15-9-13(3-4-14(15)18(30)33-29-11)28-19(31)21(32,22(25,26)27)10-20(6-7-20)16-8-12(23)2-5-17(16)24/h2,4-7,10,33H,3,8-9,11H2,1H3,(H,29,32);2-5,8-9,32H,6-7,10H2,1H3,(H,28,31). The third-order valence-corrected chi connectivity index (χ3v) is 12.4. The summed E-state index contributed by atoms with van der Waals surface area (Å²) >= 11 is 0. The summed E-state index contributed by atoms with van der Waals surface area (Å²) in [5.74, 6) is -7.86. The SMILES string of the molecule is Cc1noc(=O)c2ccc(NC(=O)C(O)(CC3(c4cc(F)ccc4F)CC3)C(F)(F)F)cc12.Cc1noc(=O)c2ccc(NC(=O)C(O)(CC3(c4cccc(F)c4F)CCC3)C(F)(F)F)cc12. The average Bonchev–Trinajstić information content (AvgIpc) is 4.03. The van der Waals surface area contributed by atoms with Gasteiger partial charge in [-0.05, 0) is 111 Å². The highest BCUT2D eigenvalue weighted by molar-refractivity contribution is 6.01. The highest BCUT2D eigenvalue weighted by Crippen LogP contribution is 2.57. The number of aromatic nitrogens is 2. The molecule has 4 N–H and O–H groups in total. The quantitative estimate of drug-likeness (QED) is 0.0970. The number of carbonyl (C=O) groups is 2. The average molecular weight is 951 g/mol. The van der Waals surface area contributed by atoms with Gasteiger partial charge in [0.1, 0.15) is 11.6 Å². The van der Waals surface area contributed by atoms with Gasteiger partial charge in [-0.1, -0.05) is 28.9 Å². The Kier molecular flexibility index (Phi) is 12.4. The van der Waals surface area contributed by atoms with E-state index in [0.717, 1.165) is 30.3 Å². The van der Waals surface area contributed by atoms with Crippen LogP contribution in [0.1, 0.15) is 67.5 Å². The van der Waals surface area contributed by atoms with Crippen LogP contribution in [-0.2, 0) is 20.4 Å². The molecule has 2 aliphatic rings. The number of alkyl halides is 6. The van der Waals surface area contributed by atoms with Crippen molar-refractivity contribution >= 4 is 44.7 Å². The Balaban J connectivity index is 0.000000199. The fraction of sp³-hybridized carbons (Fsp3) is 0.333. The maximum atomic E-state index is 14.5. The predicted octanol–water partition coefficient (Wildman–Crippen LogP) is 8.65. The molecule has 12 nitrogen and oxygen atoms in total. The van der Waals surface area contributed by atoms with Crippen molar-refractivity contribution in [2.24, 2.45) is 0 Å². The van der Waals surface area contributed by atoms with Crippen molar-refractivity contribution in [1.82, 2.24) is 10.3 Å². The van der Waals surface area contributed by atoms with Crippen LogP contribution >= 0.6 is 0 Å². The molecule has 2 atom stereocenters. The molecule has 67 heavy (non-hydrogen) atoms. The first kappa shape index (κ1) is 48.3. The topological polar surface area (TPSA) is 185 Å². The Morgan fingerprint density at radius 2 is 1.07 bits per heavy atom. The Morgan fingerprint density at radius 1 is 0.612 bits per heavy atom. The van der Waals surface area contributed by atoms with Crippen LogP contribution < -0.4 is 21.9 Å². The summed E-state index contributed by atoms with van der Waals surface area (Å²) in [5, 5.41) is 33.0. The highest BCUT2D eigenvalue weighted by atomic mass is 19.4. The third kappa shape index (κ3) is 8.98. The minimum Gasteiger partial charge on any atom is -0.373 e. The zero-order valence-corrected chi connectivity index (χ0v) is 34.9. The van der Waals surface area contributed by atoms with Crippen molar-refractivity contribution in [1.29, 1.82) is 0 Å². The molecule has 2 heterocycles. The molecule has 2 unspecified atom stereocenters. The molecule has 22 heteroatoms. The molecule has 2 amide bonds. The molecule has 0 spiro atoms. The molecular formula is C45H36F10N4O8. The molecule has 0 aliphatic heterocycles. The molecule has 8 rings (SSSR count). The molecule has 2 fully saturated rings. The van der Waals surface area contributed by atoms with Gasteiger partial charge < -0.3 is 29.9 Å². The van der Waals surface area contributed by atoms with E-state index in [9.17, 15) is 73.3 Å². The summed E-state index contributed by atoms with van der Waals surface area (Å²) in [4.78, 5) is 49.1. The summed E-state index contributed by atoms with van der Waals surface area (Å²) < 4.78 is 149. The number of hydrogen-bond acceptors (Lipinski definition) is 10. The second-order valence-electron chi connectivity index (χ2n) is 16.7. The first-order valence-electron chi connectivity index (χ1n) is 20.2. The van der Waals surface area contributed by atoms with Gasteiger partial charge in [0.05, 0.1) is 22.2 Å². The zero-order chi connectivity index (χ0) is 49.1. The lowest BCUT2D eigenvalue weighted by atomic mass is 9.59. The van der Waals surface area contributed by atoms with Gasteiger partial charge in [0.15, 0.2) is 11.6 Å². The minimum absolute atomic E-state index is 0.0374. The summed E-state index contributed by atoms with van der Waals surface area (Å²) in [6.07, 6.45) is -12.6. The maximum absolute atomic E-state index is 14.5. The lowest BCUT2D eigenvalue weighted by Crippen LogP contribution is -2.59. The van der Waals surface area contributed by atoms with Crippen molar-refractivity contribution in [2.75, 3.05) is 10.6 Å². The number of halogens is 10. The number of aryl methyl sites for hydroxylation is 2. The summed E-state index contributed by atoms with van der Waals surface area (Å²) in [6.45, 7) is 2.99. The minimum atomic E-state index is -5.42. The molecule has 4 aromatic carbocycles.